The lowest BCUT2D eigenvalue weighted by Gasteiger charge is -2.30. The molecule has 6 atom stereocenters. The van der Waals surface area contributed by atoms with Gasteiger partial charge in [-0.05, 0) is 38.0 Å². The van der Waals surface area contributed by atoms with Crippen LogP contribution in [-0.4, -0.2) is 200 Å². The van der Waals surface area contributed by atoms with Gasteiger partial charge in [-0.25, -0.2) is 76.7 Å². The number of hydrogen-bond acceptors (Lipinski definition) is 36. The van der Waals surface area contributed by atoms with Crippen molar-refractivity contribution < 1.29 is 172 Å². The number of esters is 14. The Morgan fingerprint density at radius 3 is 1.10 bits per heavy atom. The largest absolute Gasteiger partial charge is 0.454 e. The molecule has 8 fully saturated rings. The highest BCUT2D eigenvalue weighted by Gasteiger charge is 2.42. The Bertz CT molecular complexity index is 3250. The van der Waals surface area contributed by atoms with Crippen molar-refractivity contribution >= 4 is 119 Å². The SMILES string of the molecule is C=C1COC(=O)C(=O)O1.C=CC1COC(=O)C(=O)O1.C=CCOC(=O)C(=O)OCC=C.CC1COC(=O)C(=O)O1.CC1OC(=O)C(=O)OC1C.O=C(ON1C(=O)CCC1=O)C(=O)ON1C(=O)CCC1=O.O=C1OCCOC1=O.O=C1O[C@H](c2ccccc2)[C@H](c2ccccc2)OC1=O. The van der Waals surface area contributed by atoms with E-state index in [-0.39, 0.29) is 106 Å². The van der Waals surface area contributed by atoms with Crippen molar-refractivity contribution in [1.82, 2.24) is 10.1 Å². The molecular formula is C60H58N2O36. The summed E-state index contributed by atoms with van der Waals surface area (Å²) in [5.41, 5.74) is 1.59. The highest BCUT2D eigenvalue weighted by molar-refractivity contribution is 6.33. The number of imide groups is 2. The van der Waals surface area contributed by atoms with E-state index in [0.29, 0.717) is 0 Å². The number of cyclic esters (lactones) is 12. The van der Waals surface area contributed by atoms with Gasteiger partial charge in [0, 0.05) is 25.7 Å². The second-order valence-electron chi connectivity index (χ2n) is 18.8. The predicted molar refractivity (Wildman–Crippen MR) is 304 cm³/mol. The maximum atomic E-state index is 11.5. The average Bonchev–Trinajstić information content (AvgIpc) is 1.17. The van der Waals surface area contributed by atoms with Crippen LogP contribution < -0.4 is 0 Å². The molecule has 2 aromatic carbocycles. The smallest absolute Gasteiger partial charge is 0.444 e. The van der Waals surface area contributed by atoms with E-state index in [1.807, 2.05) is 60.7 Å². The zero-order chi connectivity index (χ0) is 73.2. The van der Waals surface area contributed by atoms with Crippen molar-refractivity contribution in [1.29, 1.82) is 0 Å². The number of nitrogens with zero attached hydrogens (tertiary/aromatic N) is 2. The van der Waals surface area contributed by atoms with Gasteiger partial charge in [-0.1, -0.05) is 99.1 Å². The van der Waals surface area contributed by atoms with Crippen molar-refractivity contribution in [3.8, 4) is 0 Å². The Hall–Kier alpha value is -12.8. The molecule has 98 heavy (non-hydrogen) atoms. The first-order chi connectivity index (χ1) is 46.4. The fourth-order valence-electron chi connectivity index (χ4n) is 6.65. The molecule has 0 saturated carbocycles. The molecule has 0 spiro atoms. The normalized spacial score (nSPS) is 21.1. The van der Waals surface area contributed by atoms with Gasteiger partial charge in [0.05, 0.1) is 0 Å². The lowest BCUT2D eigenvalue weighted by Crippen LogP contribution is -2.41. The minimum Gasteiger partial charge on any atom is -0.454 e. The summed E-state index contributed by atoms with van der Waals surface area (Å²) in [4.78, 5) is 223. The number of carbonyl (C=O) groups excluding carboxylic acids is 20. The molecule has 8 saturated heterocycles. The van der Waals surface area contributed by atoms with E-state index in [4.69, 9.17) is 9.47 Å². The maximum absolute atomic E-state index is 11.5. The number of benzene rings is 2. The van der Waals surface area contributed by atoms with Gasteiger partial charge in [0.1, 0.15) is 70.3 Å². The lowest BCUT2D eigenvalue weighted by molar-refractivity contribution is -0.215. The van der Waals surface area contributed by atoms with Gasteiger partial charge in [0.25, 0.3) is 23.6 Å². The molecule has 0 N–H and O–H groups in total. The summed E-state index contributed by atoms with van der Waals surface area (Å²) in [5, 5.41) is 0.300. The first-order valence-corrected chi connectivity index (χ1v) is 27.9. The monoisotopic (exact) mass is 1380 g/mol. The first kappa shape index (κ1) is 79.4. The van der Waals surface area contributed by atoms with Gasteiger partial charge in [-0.2, -0.15) is 0 Å². The van der Waals surface area contributed by atoms with Crippen molar-refractivity contribution in [2.24, 2.45) is 0 Å². The Morgan fingerprint density at radius 1 is 0.429 bits per heavy atom. The quantitative estimate of drug-likeness (QED) is 0.0943. The van der Waals surface area contributed by atoms with Gasteiger partial charge in [-0.15, -0.1) is 10.1 Å². The van der Waals surface area contributed by atoms with Crippen LogP contribution in [0.15, 0.2) is 111 Å². The van der Waals surface area contributed by atoms with Gasteiger partial charge in [-0.3, -0.25) is 19.2 Å². The van der Waals surface area contributed by atoms with E-state index >= 15 is 0 Å². The molecule has 4 amide bonds. The third kappa shape index (κ3) is 26.7. The summed E-state index contributed by atoms with van der Waals surface area (Å²) in [5.74, 6) is -19.4. The molecule has 10 rings (SSSR count). The number of hydroxylamine groups is 4. The van der Waals surface area contributed by atoms with Crippen LogP contribution in [0.3, 0.4) is 0 Å². The molecule has 38 nitrogen and oxygen atoms in total. The third-order valence-electron chi connectivity index (χ3n) is 11.4. The Kier molecular flexibility index (Phi) is 32.7. The van der Waals surface area contributed by atoms with E-state index in [2.05, 4.69) is 92.8 Å². The van der Waals surface area contributed by atoms with Crippen LogP contribution in [-0.2, 0) is 172 Å². The second kappa shape index (κ2) is 40.3. The molecule has 2 aromatic rings. The molecule has 38 heteroatoms. The zero-order valence-electron chi connectivity index (χ0n) is 51.7. The average molecular weight is 1380 g/mol. The summed E-state index contributed by atoms with van der Waals surface area (Å²) >= 11 is 0. The fourth-order valence-corrected chi connectivity index (χ4v) is 6.65. The number of hydrogen-bond donors (Lipinski definition) is 0. The number of ether oxygens (including phenoxy) is 14. The Balaban J connectivity index is 0.000000299. The molecule has 8 heterocycles. The highest BCUT2D eigenvalue weighted by Crippen LogP contribution is 2.38. The summed E-state index contributed by atoms with van der Waals surface area (Å²) in [6.07, 6.45) is 0.911. The topological polar surface area (TPSA) is 496 Å². The van der Waals surface area contributed by atoms with Crippen LogP contribution in [0.5, 0.6) is 0 Å². The Labute approximate surface area is 551 Å². The lowest BCUT2D eigenvalue weighted by atomic mass is 9.97. The molecule has 0 bridgehead atoms. The summed E-state index contributed by atoms with van der Waals surface area (Å²) in [7, 11) is 0. The van der Waals surface area contributed by atoms with E-state index in [9.17, 15) is 95.9 Å². The van der Waals surface area contributed by atoms with Crippen molar-refractivity contribution in [3.05, 3.63) is 122 Å². The first-order valence-electron chi connectivity index (χ1n) is 27.9. The van der Waals surface area contributed by atoms with Crippen LogP contribution in [0.4, 0.5) is 0 Å². The van der Waals surface area contributed by atoms with Crippen molar-refractivity contribution in [2.45, 2.75) is 83.1 Å². The molecular weight excluding hydrogens is 1320 g/mol. The molecule has 8 aliphatic heterocycles. The third-order valence-corrected chi connectivity index (χ3v) is 11.4. The number of amides is 4. The van der Waals surface area contributed by atoms with Crippen LogP contribution in [0.1, 0.15) is 69.8 Å². The van der Waals surface area contributed by atoms with Crippen LogP contribution in [0, 0.1) is 0 Å². The van der Waals surface area contributed by atoms with Crippen molar-refractivity contribution in [2.75, 3.05) is 46.2 Å². The summed E-state index contributed by atoms with van der Waals surface area (Å²) < 4.78 is 63.4. The van der Waals surface area contributed by atoms with Gasteiger partial charge >= 0.3 is 95.5 Å². The standard InChI is InChI=1S/C16H12O4.C10H8N2O8.C8H10O4.C6H8O4.C6H6O4.C5H6O4.C5H4O4.C4H4O4/c17-15-16(18)20-14(12-9-5-2-6-10-12)13(19-15)11-7-3-1-4-8-11;13-5-1-2-6(14)11(5)19-9(17)10(18)20-12-7(15)3-4-8(12)16;1-3-5-11-7(9)8(10)12-6-4-2;1-3-4(2)10-6(8)5(7)9-3;1-2-4-3-9-5(7)6(8)10-4;2*1-3-2-8-4(6)5(7)9-3;5-3-4(6)8-2-1-7-3/h1-10,13-14H;1-4H2;3-4H,1-2,5-6H2;3-4H,1-2H3;2,4H,1,3H2;3H,2H2,1H3;1-2H2;1-2H2/t13-,14+;;;;;;;. The number of carbonyl (C=O) groups is 20. The number of rotatable bonds is 9. The van der Waals surface area contributed by atoms with Crippen LogP contribution in [0.2, 0.25) is 0 Å². The van der Waals surface area contributed by atoms with Crippen LogP contribution in [0.25, 0.3) is 0 Å². The molecule has 524 valence electrons. The minimum absolute atomic E-state index is 0.00201. The molecule has 8 aliphatic rings. The summed E-state index contributed by atoms with van der Waals surface area (Å²) in [6.45, 7) is 18.9. The molecule has 4 unspecified atom stereocenters. The molecule has 0 aromatic heterocycles. The van der Waals surface area contributed by atoms with Crippen molar-refractivity contribution in [3.63, 3.8) is 0 Å². The van der Waals surface area contributed by atoms with Gasteiger partial charge in [0.15, 0.2) is 18.3 Å². The molecule has 0 radical (unpaired) electrons. The van der Waals surface area contributed by atoms with Crippen LogP contribution >= 0.6 is 0 Å². The van der Waals surface area contributed by atoms with E-state index in [1.54, 1.807) is 20.8 Å². The molecule has 0 aliphatic carbocycles. The zero-order valence-corrected chi connectivity index (χ0v) is 51.7. The fraction of sp³-hybridized carbons (Fsp3) is 0.333. The predicted octanol–water partition coefficient (Wildman–Crippen LogP) is -1.12. The highest BCUT2D eigenvalue weighted by atomic mass is 16.8. The van der Waals surface area contributed by atoms with Gasteiger partial charge < -0.3 is 76.0 Å². The van der Waals surface area contributed by atoms with E-state index in [0.717, 1.165) is 11.1 Å². The second-order valence-corrected chi connectivity index (χ2v) is 18.8. The minimum atomic E-state index is -1.68. The van der Waals surface area contributed by atoms with E-state index < -0.39 is 137 Å². The summed E-state index contributed by atoms with van der Waals surface area (Å²) in [6, 6.07) is 18.5. The van der Waals surface area contributed by atoms with E-state index in [1.165, 1.54) is 18.2 Å². The Morgan fingerprint density at radius 2 is 0.776 bits per heavy atom. The maximum Gasteiger partial charge on any atom is 0.444 e. The van der Waals surface area contributed by atoms with Gasteiger partial charge in [0.2, 0.25) is 0 Å².